The van der Waals surface area contributed by atoms with Crippen molar-refractivity contribution in [1.82, 2.24) is 5.32 Å². The van der Waals surface area contributed by atoms with Crippen molar-refractivity contribution < 1.29 is 22.7 Å². The molecule has 0 spiro atoms. The van der Waals surface area contributed by atoms with Gasteiger partial charge in [0.15, 0.2) is 0 Å². The summed E-state index contributed by atoms with van der Waals surface area (Å²) in [6.07, 6.45) is 0. The number of methoxy groups -OCH3 is 2. The number of sulfonamides is 1. The number of carbonyl (C=O) groups is 1. The van der Waals surface area contributed by atoms with Crippen LogP contribution in [0.5, 0.6) is 11.5 Å². The van der Waals surface area contributed by atoms with Crippen LogP contribution in [0.2, 0.25) is 0 Å². The molecular formula is C21H22N2O5S2. The van der Waals surface area contributed by atoms with Crippen LogP contribution < -0.4 is 19.5 Å². The maximum absolute atomic E-state index is 12.6. The number of carbonyl (C=O) groups excluding carboxylic acids is 1. The number of benzene rings is 2. The summed E-state index contributed by atoms with van der Waals surface area (Å²) in [5, 5.41) is 4.61. The molecule has 30 heavy (non-hydrogen) atoms. The van der Waals surface area contributed by atoms with E-state index in [1.54, 1.807) is 62.1 Å². The van der Waals surface area contributed by atoms with Crippen LogP contribution in [0.3, 0.4) is 0 Å². The van der Waals surface area contributed by atoms with Crippen LogP contribution in [0.15, 0.2) is 64.2 Å². The van der Waals surface area contributed by atoms with Crippen molar-refractivity contribution in [3.8, 4) is 11.5 Å². The van der Waals surface area contributed by atoms with Gasteiger partial charge >= 0.3 is 0 Å². The van der Waals surface area contributed by atoms with Crippen LogP contribution in [-0.4, -0.2) is 28.5 Å². The highest BCUT2D eigenvalue weighted by Crippen LogP contribution is 2.29. The third-order valence-electron chi connectivity index (χ3n) is 4.41. The second-order valence-corrected chi connectivity index (χ2v) is 9.27. The lowest BCUT2D eigenvalue weighted by atomic mass is 10.1. The third-order valence-corrected chi connectivity index (χ3v) is 7.19. The molecule has 2 N–H and O–H groups in total. The molecule has 3 aromatic rings. The number of ether oxygens (including phenoxy) is 2. The molecule has 1 heterocycles. The molecule has 9 heteroatoms. The van der Waals surface area contributed by atoms with E-state index in [2.05, 4.69) is 10.0 Å². The van der Waals surface area contributed by atoms with E-state index in [1.165, 1.54) is 6.07 Å². The SMILES string of the molecule is COc1ccc(OC)c([C@@H](C)NC(=O)c2ccc(NS(=O)(=O)c3cccs3)cc2)c1. The predicted molar refractivity (Wildman–Crippen MR) is 117 cm³/mol. The highest BCUT2D eigenvalue weighted by Gasteiger charge is 2.18. The molecule has 0 aliphatic rings. The number of thiophene rings is 1. The van der Waals surface area contributed by atoms with E-state index >= 15 is 0 Å². The Hall–Kier alpha value is -3.04. The van der Waals surface area contributed by atoms with E-state index in [4.69, 9.17) is 9.47 Å². The fourth-order valence-electron chi connectivity index (χ4n) is 2.85. The van der Waals surface area contributed by atoms with Crippen LogP contribution in [0.4, 0.5) is 5.69 Å². The van der Waals surface area contributed by atoms with E-state index in [0.29, 0.717) is 22.7 Å². The highest BCUT2D eigenvalue weighted by atomic mass is 32.2. The topological polar surface area (TPSA) is 93.7 Å². The first-order valence-electron chi connectivity index (χ1n) is 9.03. The van der Waals surface area contributed by atoms with Crippen molar-refractivity contribution in [2.75, 3.05) is 18.9 Å². The Labute approximate surface area is 179 Å². The summed E-state index contributed by atoms with van der Waals surface area (Å²) in [7, 11) is -0.492. The van der Waals surface area contributed by atoms with Gasteiger partial charge in [-0.2, -0.15) is 0 Å². The summed E-state index contributed by atoms with van der Waals surface area (Å²) in [6, 6.07) is 14.5. The monoisotopic (exact) mass is 446 g/mol. The van der Waals surface area contributed by atoms with Gasteiger partial charge in [0.05, 0.1) is 20.3 Å². The largest absolute Gasteiger partial charge is 0.497 e. The Balaban J connectivity index is 1.71. The molecule has 0 radical (unpaired) electrons. The first-order valence-corrected chi connectivity index (χ1v) is 11.4. The van der Waals surface area contributed by atoms with E-state index < -0.39 is 10.0 Å². The molecule has 0 fully saturated rings. The van der Waals surface area contributed by atoms with Gasteiger partial charge in [-0.25, -0.2) is 8.42 Å². The minimum absolute atomic E-state index is 0.227. The average Bonchev–Trinajstić information content (AvgIpc) is 3.29. The lowest BCUT2D eigenvalue weighted by molar-refractivity contribution is 0.0939. The van der Waals surface area contributed by atoms with Gasteiger partial charge < -0.3 is 14.8 Å². The molecule has 1 atom stereocenters. The zero-order chi connectivity index (χ0) is 21.7. The highest BCUT2D eigenvalue weighted by molar-refractivity contribution is 7.94. The van der Waals surface area contributed by atoms with Gasteiger partial charge in [0.25, 0.3) is 15.9 Å². The predicted octanol–water partition coefficient (Wildman–Crippen LogP) is 4.06. The molecule has 0 bridgehead atoms. The van der Waals surface area contributed by atoms with Crippen LogP contribution >= 0.6 is 11.3 Å². The number of nitrogens with one attached hydrogen (secondary N) is 2. The molecular weight excluding hydrogens is 424 g/mol. The van der Waals surface area contributed by atoms with Crippen LogP contribution in [0.25, 0.3) is 0 Å². The average molecular weight is 447 g/mol. The van der Waals surface area contributed by atoms with E-state index in [1.807, 2.05) is 13.0 Å². The molecule has 2 aromatic carbocycles. The first kappa shape index (κ1) is 21.7. The first-order chi connectivity index (χ1) is 14.3. The molecule has 0 saturated carbocycles. The van der Waals surface area contributed by atoms with Crippen molar-refractivity contribution in [3.05, 3.63) is 71.1 Å². The maximum Gasteiger partial charge on any atom is 0.271 e. The Morgan fingerprint density at radius 1 is 1.03 bits per heavy atom. The van der Waals surface area contributed by atoms with Gasteiger partial charge in [0.1, 0.15) is 15.7 Å². The molecule has 158 valence electrons. The zero-order valence-electron chi connectivity index (χ0n) is 16.7. The van der Waals surface area contributed by atoms with Crippen LogP contribution in [-0.2, 0) is 10.0 Å². The summed E-state index contributed by atoms with van der Waals surface area (Å²) >= 11 is 1.13. The number of anilines is 1. The van der Waals surface area contributed by atoms with Crippen molar-refractivity contribution in [2.24, 2.45) is 0 Å². The molecule has 1 aromatic heterocycles. The van der Waals surface area contributed by atoms with Crippen molar-refractivity contribution in [1.29, 1.82) is 0 Å². The lowest BCUT2D eigenvalue weighted by Crippen LogP contribution is -2.27. The van der Waals surface area contributed by atoms with E-state index in [9.17, 15) is 13.2 Å². The van der Waals surface area contributed by atoms with Crippen LogP contribution in [0.1, 0.15) is 28.9 Å². The minimum Gasteiger partial charge on any atom is -0.497 e. The van der Waals surface area contributed by atoms with Gasteiger partial charge in [-0.3, -0.25) is 9.52 Å². The molecule has 0 aliphatic carbocycles. The maximum atomic E-state index is 12.6. The van der Waals surface area contributed by atoms with E-state index in [-0.39, 0.29) is 16.2 Å². The second kappa shape index (κ2) is 9.19. The van der Waals surface area contributed by atoms with Gasteiger partial charge in [-0.05, 0) is 60.8 Å². The summed E-state index contributed by atoms with van der Waals surface area (Å²) < 4.78 is 37.9. The Morgan fingerprint density at radius 3 is 2.37 bits per heavy atom. The van der Waals surface area contributed by atoms with Crippen molar-refractivity contribution in [2.45, 2.75) is 17.2 Å². The van der Waals surface area contributed by atoms with Gasteiger partial charge in [0, 0.05) is 16.8 Å². The number of amides is 1. The van der Waals surface area contributed by atoms with Crippen LogP contribution in [0, 0.1) is 0 Å². The fraction of sp³-hybridized carbons (Fsp3) is 0.190. The van der Waals surface area contributed by atoms with Crippen molar-refractivity contribution in [3.63, 3.8) is 0 Å². The zero-order valence-corrected chi connectivity index (χ0v) is 18.3. The summed E-state index contributed by atoms with van der Waals surface area (Å²) in [6.45, 7) is 1.85. The van der Waals surface area contributed by atoms with Crippen molar-refractivity contribution >= 4 is 33.0 Å². The lowest BCUT2D eigenvalue weighted by Gasteiger charge is -2.18. The molecule has 0 saturated heterocycles. The van der Waals surface area contributed by atoms with E-state index in [0.717, 1.165) is 16.9 Å². The third kappa shape index (κ3) is 4.92. The smallest absolute Gasteiger partial charge is 0.271 e. The second-order valence-electron chi connectivity index (χ2n) is 6.42. The summed E-state index contributed by atoms with van der Waals surface area (Å²) in [5.74, 6) is 1.01. The molecule has 0 unspecified atom stereocenters. The number of hydrogen-bond donors (Lipinski definition) is 2. The summed E-state index contributed by atoms with van der Waals surface area (Å²) in [4.78, 5) is 12.6. The quantitative estimate of drug-likeness (QED) is 0.544. The molecule has 3 rings (SSSR count). The summed E-state index contributed by atoms with van der Waals surface area (Å²) in [5.41, 5.74) is 1.57. The van der Waals surface area contributed by atoms with Gasteiger partial charge in [-0.15, -0.1) is 11.3 Å². The van der Waals surface area contributed by atoms with Gasteiger partial charge in [0.2, 0.25) is 0 Å². The minimum atomic E-state index is -3.63. The Kier molecular flexibility index (Phi) is 6.63. The standard InChI is InChI=1S/C21H22N2O5S2/c1-14(18-13-17(27-2)10-11-19(18)28-3)22-21(24)15-6-8-16(9-7-15)23-30(25,26)20-5-4-12-29-20/h4-14,23H,1-3H3,(H,22,24)/t14-/m1/s1. The number of rotatable bonds is 8. The molecule has 0 aliphatic heterocycles. The molecule has 1 amide bonds. The normalized spacial score (nSPS) is 12.1. The Bertz CT molecular complexity index is 1110. The molecule has 7 nitrogen and oxygen atoms in total. The number of hydrogen-bond acceptors (Lipinski definition) is 6. The van der Waals surface area contributed by atoms with Gasteiger partial charge in [-0.1, -0.05) is 6.07 Å². The fourth-order valence-corrected chi connectivity index (χ4v) is 4.90. The Morgan fingerprint density at radius 2 is 1.77 bits per heavy atom.